The first-order valence-corrected chi connectivity index (χ1v) is 5.90. The molecule has 1 fully saturated rings. The number of hydrogen-bond donors (Lipinski definition) is 0. The molecule has 2 unspecified atom stereocenters. The highest BCUT2D eigenvalue weighted by molar-refractivity contribution is 7.86. The quantitative estimate of drug-likeness (QED) is 0.370. The van der Waals surface area contributed by atoms with Crippen LogP contribution in [0.15, 0.2) is 0 Å². The normalized spacial score (nSPS) is 30.9. The van der Waals surface area contributed by atoms with Crippen LogP contribution in [0.2, 0.25) is 0 Å². The van der Waals surface area contributed by atoms with Crippen LogP contribution in [0.25, 0.3) is 0 Å². The second-order valence-electron chi connectivity index (χ2n) is 3.70. The first-order valence-electron chi connectivity index (χ1n) is 4.43. The van der Waals surface area contributed by atoms with E-state index in [9.17, 15) is 33.2 Å². The van der Waals surface area contributed by atoms with Gasteiger partial charge < -0.3 is 4.55 Å². The van der Waals surface area contributed by atoms with E-state index in [0.29, 0.717) is 0 Å². The third-order valence-corrected chi connectivity index (χ3v) is 3.82. The minimum absolute atomic E-state index is 0.327. The van der Waals surface area contributed by atoms with Gasteiger partial charge in [0.1, 0.15) is 0 Å². The SMILES string of the molecule is O=[N+]([O-])C1CC([N+](=O)[O-])CC(S(=O)(=O)[O-])C1. The Balaban J connectivity index is 2.91. The molecule has 1 rings (SSSR count). The Labute approximate surface area is 90.5 Å². The summed E-state index contributed by atoms with van der Waals surface area (Å²) < 4.78 is 32.2. The molecule has 9 nitrogen and oxygen atoms in total. The van der Waals surface area contributed by atoms with Gasteiger partial charge in [-0.1, -0.05) is 0 Å². The standard InChI is InChI=1S/C6H10N2O7S/c9-7(10)4-1-5(8(11)12)3-6(2-4)16(13,14)15/h4-6H,1-3H2,(H,13,14,15)/p-1. The average Bonchev–Trinajstić information content (AvgIpc) is 2.15. The molecule has 1 aliphatic carbocycles. The molecular formula is C6H9N2O7S-. The highest BCUT2D eigenvalue weighted by atomic mass is 32.2. The third kappa shape index (κ3) is 2.85. The van der Waals surface area contributed by atoms with Crippen LogP contribution in [0.1, 0.15) is 19.3 Å². The van der Waals surface area contributed by atoms with Crippen LogP contribution in [0.5, 0.6) is 0 Å². The molecule has 16 heavy (non-hydrogen) atoms. The van der Waals surface area contributed by atoms with Crippen LogP contribution in [0, 0.1) is 20.2 Å². The van der Waals surface area contributed by atoms with Crippen molar-refractivity contribution in [2.45, 2.75) is 36.6 Å². The van der Waals surface area contributed by atoms with E-state index in [-0.39, 0.29) is 6.42 Å². The van der Waals surface area contributed by atoms with Gasteiger partial charge in [-0.3, -0.25) is 20.2 Å². The van der Waals surface area contributed by atoms with Crippen molar-refractivity contribution < 1.29 is 22.8 Å². The molecule has 92 valence electrons. The number of rotatable bonds is 3. The highest BCUT2D eigenvalue weighted by Crippen LogP contribution is 2.27. The Kier molecular flexibility index (Phi) is 3.43. The fourth-order valence-corrected chi connectivity index (χ4v) is 2.71. The van der Waals surface area contributed by atoms with Gasteiger partial charge in [0.25, 0.3) is 0 Å². The van der Waals surface area contributed by atoms with Gasteiger partial charge in [-0.25, -0.2) is 8.42 Å². The van der Waals surface area contributed by atoms with E-state index in [1.165, 1.54) is 0 Å². The molecule has 0 spiro atoms. The Bertz CT molecular complexity index is 383. The highest BCUT2D eigenvalue weighted by Gasteiger charge is 2.43. The van der Waals surface area contributed by atoms with Crippen molar-refractivity contribution in [2.75, 3.05) is 0 Å². The molecule has 0 N–H and O–H groups in total. The van der Waals surface area contributed by atoms with Gasteiger partial charge in [-0.05, 0) is 0 Å². The van der Waals surface area contributed by atoms with Crippen molar-refractivity contribution in [1.29, 1.82) is 0 Å². The molecule has 0 bridgehead atoms. The van der Waals surface area contributed by atoms with E-state index in [0.717, 1.165) is 0 Å². The van der Waals surface area contributed by atoms with Gasteiger partial charge in [-0.15, -0.1) is 0 Å². The molecule has 0 aromatic carbocycles. The second kappa shape index (κ2) is 4.29. The molecule has 1 aliphatic rings. The molecule has 2 atom stereocenters. The zero-order valence-corrected chi connectivity index (χ0v) is 8.83. The topological polar surface area (TPSA) is 143 Å². The van der Waals surface area contributed by atoms with Crippen molar-refractivity contribution in [2.24, 2.45) is 0 Å². The summed E-state index contributed by atoms with van der Waals surface area (Å²) in [6.07, 6.45) is -1.21. The summed E-state index contributed by atoms with van der Waals surface area (Å²) >= 11 is 0. The Morgan fingerprint density at radius 1 is 0.938 bits per heavy atom. The number of hydrogen-bond acceptors (Lipinski definition) is 7. The predicted molar refractivity (Wildman–Crippen MR) is 48.9 cm³/mol. The van der Waals surface area contributed by atoms with Crippen molar-refractivity contribution in [1.82, 2.24) is 0 Å². The smallest absolute Gasteiger partial charge is 0.220 e. The third-order valence-electron chi connectivity index (χ3n) is 2.62. The van der Waals surface area contributed by atoms with E-state index < -0.39 is 50.1 Å². The zero-order valence-electron chi connectivity index (χ0n) is 8.01. The van der Waals surface area contributed by atoms with E-state index in [1.807, 2.05) is 0 Å². The summed E-state index contributed by atoms with van der Waals surface area (Å²) in [6.45, 7) is 0. The molecule has 0 radical (unpaired) electrons. The first-order chi connectivity index (χ1) is 7.21. The minimum Gasteiger partial charge on any atom is -0.748 e. The number of nitro groups is 2. The van der Waals surface area contributed by atoms with Gasteiger partial charge in [-0.2, -0.15) is 0 Å². The Hall–Kier alpha value is -1.29. The van der Waals surface area contributed by atoms with Gasteiger partial charge in [0.05, 0.1) is 21.8 Å². The Morgan fingerprint density at radius 2 is 1.31 bits per heavy atom. The van der Waals surface area contributed by atoms with Crippen molar-refractivity contribution in [3.05, 3.63) is 20.2 Å². The van der Waals surface area contributed by atoms with E-state index in [2.05, 4.69) is 0 Å². The summed E-state index contributed by atoms with van der Waals surface area (Å²) in [5, 5.41) is 19.4. The zero-order chi connectivity index (χ0) is 12.5. The molecular weight excluding hydrogens is 244 g/mol. The number of nitrogens with zero attached hydrogens (tertiary/aromatic N) is 2. The molecule has 0 aromatic rings. The molecule has 0 amide bonds. The second-order valence-corrected chi connectivity index (χ2v) is 5.35. The van der Waals surface area contributed by atoms with Gasteiger partial charge >= 0.3 is 0 Å². The minimum atomic E-state index is -4.72. The van der Waals surface area contributed by atoms with Crippen LogP contribution in [0.3, 0.4) is 0 Å². The van der Waals surface area contributed by atoms with Gasteiger partial charge in [0, 0.05) is 22.7 Å². The van der Waals surface area contributed by atoms with E-state index in [1.54, 1.807) is 0 Å². The summed E-state index contributed by atoms with van der Waals surface area (Å²) in [4.78, 5) is 19.4. The average molecular weight is 253 g/mol. The maximum atomic E-state index is 10.7. The lowest BCUT2D eigenvalue weighted by Gasteiger charge is -2.27. The fraction of sp³-hybridized carbons (Fsp3) is 1.00. The Morgan fingerprint density at radius 3 is 1.56 bits per heavy atom. The molecule has 0 aromatic heterocycles. The van der Waals surface area contributed by atoms with Crippen LogP contribution < -0.4 is 0 Å². The van der Waals surface area contributed by atoms with Crippen molar-refractivity contribution in [3.8, 4) is 0 Å². The predicted octanol–water partition coefficient (Wildman–Crippen LogP) is -0.625. The van der Waals surface area contributed by atoms with E-state index in [4.69, 9.17) is 0 Å². The molecule has 1 saturated carbocycles. The van der Waals surface area contributed by atoms with Crippen LogP contribution in [-0.4, -0.2) is 40.2 Å². The van der Waals surface area contributed by atoms with Gasteiger partial charge in [0.2, 0.25) is 12.1 Å². The van der Waals surface area contributed by atoms with Crippen LogP contribution in [-0.2, 0) is 10.1 Å². The summed E-state index contributed by atoms with van der Waals surface area (Å²) in [5.41, 5.74) is 0. The molecule has 0 aliphatic heterocycles. The van der Waals surface area contributed by atoms with Gasteiger partial charge in [0.15, 0.2) is 0 Å². The summed E-state index contributed by atoms with van der Waals surface area (Å²) in [6, 6.07) is -2.67. The first kappa shape index (κ1) is 12.8. The van der Waals surface area contributed by atoms with E-state index >= 15 is 0 Å². The van der Waals surface area contributed by atoms with Crippen LogP contribution in [0.4, 0.5) is 0 Å². The lowest BCUT2D eigenvalue weighted by atomic mass is 9.91. The summed E-state index contributed by atoms with van der Waals surface area (Å²) in [7, 11) is -4.72. The molecule has 0 saturated heterocycles. The van der Waals surface area contributed by atoms with Crippen molar-refractivity contribution >= 4 is 10.1 Å². The summed E-state index contributed by atoms with van der Waals surface area (Å²) in [5.74, 6) is 0. The molecule has 10 heteroatoms. The maximum absolute atomic E-state index is 10.7. The molecule has 0 heterocycles. The maximum Gasteiger partial charge on any atom is 0.220 e. The lowest BCUT2D eigenvalue weighted by molar-refractivity contribution is -0.567. The lowest BCUT2D eigenvalue weighted by Crippen LogP contribution is -2.43. The fourth-order valence-electron chi connectivity index (χ4n) is 1.79. The van der Waals surface area contributed by atoms with Crippen molar-refractivity contribution in [3.63, 3.8) is 0 Å². The monoisotopic (exact) mass is 253 g/mol. The van der Waals surface area contributed by atoms with Crippen LogP contribution >= 0.6 is 0 Å². The largest absolute Gasteiger partial charge is 0.748 e.